The van der Waals surface area contributed by atoms with Crippen LogP contribution in [0.4, 0.5) is 5.88 Å². The largest absolute Gasteiger partial charge is 0.475 e. The van der Waals surface area contributed by atoms with Crippen molar-refractivity contribution in [1.29, 1.82) is 0 Å². The number of aromatic carboxylic acids is 1. The Bertz CT molecular complexity index is 373. The zero-order valence-corrected chi connectivity index (χ0v) is 8.91. The van der Waals surface area contributed by atoms with Crippen molar-refractivity contribution in [2.75, 3.05) is 5.32 Å². The zero-order chi connectivity index (χ0) is 11.1. The summed E-state index contributed by atoms with van der Waals surface area (Å²) in [6.45, 7) is 4.44. The van der Waals surface area contributed by atoms with Crippen LogP contribution in [-0.2, 0) is 0 Å². The number of rotatable bonds is 3. The first-order valence-electron chi connectivity index (χ1n) is 5.06. The molecular weight excluding hydrogens is 194 g/mol. The fourth-order valence-corrected chi connectivity index (χ4v) is 2.11. The molecule has 0 aromatic carbocycles. The quantitative estimate of drug-likeness (QED) is 0.803. The molecule has 1 aromatic heterocycles. The predicted molar refractivity (Wildman–Crippen MR) is 56.1 cm³/mol. The second-order valence-corrected chi connectivity index (χ2v) is 4.88. The van der Waals surface area contributed by atoms with Crippen molar-refractivity contribution < 1.29 is 14.3 Å². The van der Waals surface area contributed by atoms with Crippen LogP contribution in [0, 0.1) is 5.41 Å². The first-order valence-corrected chi connectivity index (χ1v) is 5.06. The lowest BCUT2D eigenvalue weighted by molar-refractivity contribution is 0.0663. The Hall–Kier alpha value is -1.45. The van der Waals surface area contributed by atoms with E-state index in [1.807, 2.05) is 0 Å². The Balaban J connectivity index is 1.92. The number of carboxylic acids is 1. The van der Waals surface area contributed by atoms with Crippen molar-refractivity contribution in [1.82, 2.24) is 0 Å². The van der Waals surface area contributed by atoms with Crippen LogP contribution in [0.2, 0.25) is 0 Å². The first-order chi connectivity index (χ1) is 6.96. The lowest BCUT2D eigenvalue weighted by Gasteiger charge is -2.42. The number of hydrogen-bond donors (Lipinski definition) is 2. The van der Waals surface area contributed by atoms with E-state index in [4.69, 9.17) is 9.52 Å². The van der Waals surface area contributed by atoms with Crippen LogP contribution in [0.5, 0.6) is 0 Å². The van der Waals surface area contributed by atoms with Crippen molar-refractivity contribution in [3.63, 3.8) is 0 Å². The Kier molecular flexibility index (Phi) is 2.21. The number of hydrogen-bond acceptors (Lipinski definition) is 3. The van der Waals surface area contributed by atoms with Crippen LogP contribution < -0.4 is 5.32 Å². The monoisotopic (exact) mass is 209 g/mol. The average Bonchev–Trinajstić information content (AvgIpc) is 2.49. The molecule has 1 aromatic rings. The fourth-order valence-electron chi connectivity index (χ4n) is 2.11. The summed E-state index contributed by atoms with van der Waals surface area (Å²) < 4.78 is 5.11. The lowest BCUT2D eigenvalue weighted by Crippen LogP contribution is -2.41. The van der Waals surface area contributed by atoms with Crippen LogP contribution in [0.3, 0.4) is 0 Å². The fraction of sp³-hybridized carbons (Fsp3) is 0.545. The van der Waals surface area contributed by atoms with Crippen LogP contribution >= 0.6 is 0 Å². The van der Waals surface area contributed by atoms with Gasteiger partial charge in [0, 0.05) is 12.1 Å². The molecule has 0 radical (unpaired) electrons. The molecule has 1 aliphatic carbocycles. The van der Waals surface area contributed by atoms with Crippen molar-refractivity contribution in [3.8, 4) is 0 Å². The van der Waals surface area contributed by atoms with E-state index in [0.29, 0.717) is 17.3 Å². The summed E-state index contributed by atoms with van der Waals surface area (Å²) in [5.74, 6) is -0.499. The molecule has 0 spiro atoms. The van der Waals surface area contributed by atoms with E-state index < -0.39 is 5.97 Å². The summed E-state index contributed by atoms with van der Waals surface area (Å²) in [6.07, 6.45) is 2.19. The van der Waals surface area contributed by atoms with E-state index in [1.54, 1.807) is 6.07 Å². The van der Waals surface area contributed by atoms with E-state index in [0.717, 1.165) is 12.8 Å². The lowest BCUT2D eigenvalue weighted by atomic mass is 9.68. The third kappa shape index (κ3) is 2.14. The summed E-state index contributed by atoms with van der Waals surface area (Å²) in [4.78, 5) is 10.6. The van der Waals surface area contributed by atoms with Crippen molar-refractivity contribution in [3.05, 3.63) is 17.9 Å². The van der Waals surface area contributed by atoms with Gasteiger partial charge in [0.25, 0.3) is 0 Å². The molecule has 4 nitrogen and oxygen atoms in total. The Morgan fingerprint density at radius 3 is 2.67 bits per heavy atom. The van der Waals surface area contributed by atoms with E-state index in [-0.39, 0.29) is 5.76 Å². The van der Waals surface area contributed by atoms with Crippen LogP contribution in [0.1, 0.15) is 37.2 Å². The minimum atomic E-state index is -1.03. The van der Waals surface area contributed by atoms with Gasteiger partial charge in [-0.05, 0) is 24.3 Å². The molecule has 1 aliphatic rings. The van der Waals surface area contributed by atoms with Crippen LogP contribution in [0.25, 0.3) is 0 Å². The molecule has 1 saturated carbocycles. The Morgan fingerprint density at radius 2 is 2.20 bits per heavy atom. The first kappa shape index (κ1) is 10.1. The van der Waals surface area contributed by atoms with E-state index in [9.17, 15) is 4.79 Å². The molecule has 0 bridgehead atoms. The Labute approximate surface area is 88.3 Å². The zero-order valence-electron chi connectivity index (χ0n) is 8.91. The highest BCUT2D eigenvalue weighted by Crippen LogP contribution is 2.41. The number of carboxylic acid groups (broad SMARTS) is 1. The summed E-state index contributed by atoms with van der Waals surface area (Å²) in [7, 11) is 0. The number of anilines is 1. The maximum Gasteiger partial charge on any atom is 0.371 e. The summed E-state index contributed by atoms with van der Waals surface area (Å²) >= 11 is 0. The normalized spacial score (nSPS) is 19.6. The molecule has 15 heavy (non-hydrogen) atoms. The molecule has 0 unspecified atom stereocenters. The van der Waals surface area contributed by atoms with E-state index in [1.165, 1.54) is 6.07 Å². The van der Waals surface area contributed by atoms with Crippen molar-refractivity contribution >= 4 is 11.9 Å². The van der Waals surface area contributed by atoms with Gasteiger partial charge in [-0.15, -0.1) is 0 Å². The van der Waals surface area contributed by atoms with E-state index in [2.05, 4.69) is 19.2 Å². The van der Waals surface area contributed by atoms with Gasteiger partial charge in [-0.1, -0.05) is 13.8 Å². The molecule has 1 heterocycles. The number of carbonyl (C=O) groups is 1. The highest BCUT2D eigenvalue weighted by molar-refractivity contribution is 5.84. The second-order valence-electron chi connectivity index (χ2n) is 4.88. The third-order valence-corrected chi connectivity index (χ3v) is 2.76. The van der Waals surface area contributed by atoms with Crippen molar-refractivity contribution in [2.45, 2.75) is 32.7 Å². The van der Waals surface area contributed by atoms with Crippen LogP contribution in [-0.4, -0.2) is 17.1 Å². The van der Waals surface area contributed by atoms with Gasteiger partial charge in [-0.2, -0.15) is 0 Å². The SMILES string of the molecule is CC1(C)CC(Nc2ccc(C(=O)O)o2)C1. The highest BCUT2D eigenvalue weighted by Gasteiger charge is 2.36. The van der Waals surface area contributed by atoms with Gasteiger partial charge in [0.05, 0.1) is 0 Å². The molecule has 0 saturated heterocycles. The summed E-state index contributed by atoms with van der Waals surface area (Å²) in [6, 6.07) is 3.54. The van der Waals surface area contributed by atoms with Crippen molar-refractivity contribution in [2.24, 2.45) is 5.41 Å². The topological polar surface area (TPSA) is 62.5 Å². The second kappa shape index (κ2) is 3.29. The maximum absolute atomic E-state index is 10.6. The third-order valence-electron chi connectivity index (χ3n) is 2.76. The molecular formula is C11H15NO3. The van der Waals surface area contributed by atoms with Gasteiger partial charge in [-0.3, -0.25) is 0 Å². The number of nitrogens with one attached hydrogen (secondary N) is 1. The minimum absolute atomic E-state index is 0.0175. The molecule has 0 aliphatic heterocycles. The predicted octanol–water partition coefficient (Wildman–Crippen LogP) is 2.58. The molecule has 0 atom stereocenters. The molecule has 4 heteroatoms. The molecule has 0 amide bonds. The summed E-state index contributed by atoms with van der Waals surface area (Å²) in [5.41, 5.74) is 0.403. The van der Waals surface area contributed by atoms with Gasteiger partial charge in [0.1, 0.15) is 0 Å². The van der Waals surface area contributed by atoms with Gasteiger partial charge in [0.2, 0.25) is 5.76 Å². The van der Waals surface area contributed by atoms with Gasteiger partial charge in [0.15, 0.2) is 5.88 Å². The number of furan rings is 1. The van der Waals surface area contributed by atoms with Gasteiger partial charge in [-0.25, -0.2) is 4.79 Å². The molecule has 2 N–H and O–H groups in total. The standard InChI is InChI=1S/C11H15NO3/c1-11(2)5-7(6-11)12-9-4-3-8(15-9)10(13)14/h3-4,7,12H,5-6H2,1-2H3,(H,13,14). The molecule has 2 rings (SSSR count). The smallest absolute Gasteiger partial charge is 0.371 e. The van der Waals surface area contributed by atoms with Gasteiger partial charge < -0.3 is 14.8 Å². The highest BCUT2D eigenvalue weighted by atomic mass is 16.4. The molecule has 82 valence electrons. The van der Waals surface area contributed by atoms with E-state index >= 15 is 0 Å². The molecule has 1 fully saturated rings. The minimum Gasteiger partial charge on any atom is -0.475 e. The summed E-state index contributed by atoms with van der Waals surface area (Å²) in [5, 5.41) is 11.8. The Morgan fingerprint density at radius 1 is 1.53 bits per heavy atom. The maximum atomic E-state index is 10.6. The average molecular weight is 209 g/mol. The van der Waals surface area contributed by atoms with Gasteiger partial charge >= 0.3 is 5.97 Å². The van der Waals surface area contributed by atoms with Crippen LogP contribution in [0.15, 0.2) is 16.5 Å².